The van der Waals surface area contributed by atoms with Crippen LogP contribution in [-0.4, -0.2) is 24.4 Å². The number of benzene rings is 1. The molecule has 0 atom stereocenters. The van der Waals surface area contributed by atoms with E-state index in [4.69, 9.17) is 0 Å². The third kappa shape index (κ3) is 2.90. The maximum atomic E-state index is 11.4. The highest BCUT2D eigenvalue weighted by molar-refractivity contribution is 14.1. The quantitative estimate of drug-likeness (QED) is 0.292. The zero-order chi connectivity index (χ0) is 13.0. The molecule has 90 valence electrons. The molecule has 0 saturated carbocycles. The number of nitro groups is 1. The second kappa shape index (κ2) is 5.57. The maximum absolute atomic E-state index is 11.4. The van der Waals surface area contributed by atoms with E-state index in [0.717, 1.165) is 13.2 Å². The van der Waals surface area contributed by atoms with Crippen LogP contribution >= 0.6 is 22.6 Å². The highest BCUT2D eigenvalue weighted by atomic mass is 127. The Bertz CT molecular complexity index is 489. The molecule has 0 aliphatic rings. The smallest absolute Gasteiger partial charge is 0.340 e. The van der Waals surface area contributed by atoms with Gasteiger partial charge in [-0.1, -0.05) is 0 Å². The van der Waals surface area contributed by atoms with Crippen LogP contribution in [0.15, 0.2) is 12.1 Å². The summed E-state index contributed by atoms with van der Waals surface area (Å²) in [6.45, 7) is 0. The Morgan fingerprint density at radius 1 is 1.59 bits per heavy atom. The molecule has 0 bridgehead atoms. The van der Waals surface area contributed by atoms with Gasteiger partial charge in [-0.2, -0.15) is 0 Å². The molecule has 1 aromatic rings. The summed E-state index contributed by atoms with van der Waals surface area (Å²) >= 11 is 1.78. The lowest BCUT2D eigenvalue weighted by molar-refractivity contribution is -0.385. The van der Waals surface area contributed by atoms with Crippen LogP contribution in [0.5, 0.6) is 0 Å². The van der Waals surface area contributed by atoms with Crippen molar-refractivity contribution in [3.05, 3.63) is 31.4 Å². The molecule has 0 saturated heterocycles. The Labute approximate surface area is 109 Å². The number of nitrogens with one attached hydrogen (secondary N) is 1. The lowest BCUT2D eigenvalue weighted by Gasteiger charge is -2.08. The van der Waals surface area contributed by atoms with Gasteiger partial charge in [0, 0.05) is 15.7 Å². The van der Waals surface area contributed by atoms with Crippen LogP contribution in [-0.2, 0) is 9.53 Å². The zero-order valence-electron chi connectivity index (χ0n) is 8.60. The number of hydrogen-bond donors (Lipinski definition) is 1. The summed E-state index contributed by atoms with van der Waals surface area (Å²) in [5, 5.41) is 13.0. The lowest BCUT2D eigenvalue weighted by Crippen LogP contribution is -2.09. The van der Waals surface area contributed by atoms with Crippen LogP contribution in [0.1, 0.15) is 10.4 Å². The minimum absolute atomic E-state index is 0.0572. The Balaban J connectivity index is 3.43. The maximum Gasteiger partial charge on any atom is 0.340 e. The number of non-ortho nitro benzene ring substituents is 1. The van der Waals surface area contributed by atoms with E-state index in [1.807, 2.05) is 0 Å². The van der Waals surface area contributed by atoms with Crippen molar-refractivity contribution in [2.45, 2.75) is 0 Å². The predicted octanol–water partition coefficient (Wildman–Crippen LogP) is 1.55. The molecule has 17 heavy (non-hydrogen) atoms. The van der Waals surface area contributed by atoms with E-state index in [2.05, 4.69) is 10.1 Å². The Morgan fingerprint density at radius 2 is 2.24 bits per heavy atom. The fraction of sp³-hybridized carbons (Fsp3) is 0.111. The summed E-state index contributed by atoms with van der Waals surface area (Å²) in [5.41, 5.74) is -0.109. The summed E-state index contributed by atoms with van der Waals surface area (Å²) in [4.78, 5) is 31.9. The van der Waals surface area contributed by atoms with Gasteiger partial charge < -0.3 is 10.1 Å². The largest absolute Gasteiger partial charge is 0.465 e. The number of carbonyl (C=O) groups is 2. The minimum Gasteiger partial charge on any atom is -0.465 e. The summed E-state index contributed by atoms with van der Waals surface area (Å²) in [6, 6.07) is 2.30. The van der Waals surface area contributed by atoms with Crippen molar-refractivity contribution in [1.29, 1.82) is 0 Å². The molecule has 0 aliphatic carbocycles. The zero-order valence-corrected chi connectivity index (χ0v) is 10.8. The minimum atomic E-state index is -0.754. The van der Waals surface area contributed by atoms with Gasteiger partial charge >= 0.3 is 5.97 Å². The van der Waals surface area contributed by atoms with Gasteiger partial charge in [0.2, 0.25) is 6.41 Å². The van der Waals surface area contributed by atoms with E-state index < -0.39 is 10.9 Å². The number of carbonyl (C=O) groups excluding carboxylic acids is 2. The molecule has 1 rings (SSSR count). The lowest BCUT2D eigenvalue weighted by atomic mass is 10.1. The second-order valence-corrected chi connectivity index (χ2v) is 4.02. The Kier molecular flexibility index (Phi) is 4.37. The molecule has 0 spiro atoms. The van der Waals surface area contributed by atoms with Gasteiger partial charge in [0.15, 0.2) is 0 Å². The summed E-state index contributed by atoms with van der Waals surface area (Å²) in [6.07, 6.45) is 0.385. The SMILES string of the molecule is COC(=O)c1cc([N+](=O)[O-])cc(I)c1NC=O. The first kappa shape index (κ1) is 13.4. The first-order chi connectivity index (χ1) is 8.01. The van der Waals surface area contributed by atoms with Crippen LogP contribution in [0.3, 0.4) is 0 Å². The van der Waals surface area contributed by atoms with Crippen molar-refractivity contribution >= 4 is 46.3 Å². The van der Waals surface area contributed by atoms with Crippen molar-refractivity contribution < 1.29 is 19.2 Å². The van der Waals surface area contributed by atoms with Crippen molar-refractivity contribution in [2.75, 3.05) is 12.4 Å². The fourth-order valence-corrected chi connectivity index (χ4v) is 1.94. The summed E-state index contributed by atoms with van der Waals surface area (Å²) < 4.78 is 4.87. The molecule has 0 aromatic heterocycles. The molecule has 1 N–H and O–H groups in total. The third-order valence-electron chi connectivity index (χ3n) is 1.89. The van der Waals surface area contributed by atoms with Gasteiger partial charge in [0.25, 0.3) is 5.69 Å². The van der Waals surface area contributed by atoms with E-state index in [1.165, 1.54) is 6.07 Å². The number of halogens is 1. The highest BCUT2D eigenvalue weighted by Gasteiger charge is 2.20. The van der Waals surface area contributed by atoms with Crippen molar-refractivity contribution in [1.82, 2.24) is 0 Å². The molecule has 1 amide bonds. The summed E-state index contributed by atoms with van der Waals surface area (Å²) in [5.74, 6) is -0.754. The number of anilines is 1. The van der Waals surface area contributed by atoms with E-state index >= 15 is 0 Å². The van der Waals surface area contributed by atoms with Gasteiger partial charge in [-0.05, 0) is 22.6 Å². The molecule has 0 heterocycles. The molecule has 0 unspecified atom stereocenters. The molecule has 7 nitrogen and oxygen atoms in total. The van der Waals surface area contributed by atoms with E-state index in [1.54, 1.807) is 22.6 Å². The highest BCUT2D eigenvalue weighted by Crippen LogP contribution is 2.28. The number of nitrogens with zero attached hydrogens (tertiary/aromatic N) is 1. The van der Waals surface area contributed by atoms with Gasteiger partial charge in [-0.3, -0.25) is 14.9 Å². The first-order valence-electron chi connectivity index (χ1n) is 4.27. The van der Waals surface area contributed by atoms with Gasteiger partial charge in [-0.15, -0.1) is 0 Å². The van der Waals surface area contributed by atoms with E-state index in [9.17, 15) is 19.7 Å². The molecule has 0 fully saturated rings. The average molecular weight is 350 g/mol. The molecule has 0 aliphatic heterocycles. The van der Waals surface area contributed by atoms with Gasteiger partial charge in [0.1, 0.15) is 0 Å². The van der Waals surface area contributed by atoms with Gasteiger partial charge in [0.05, 0.1) is 23.3 Å². The monoisotopic (exact) mass is 350 g/mol. The fourth-order valence-electron chi connectivity index (χ4n) is 1.17. The first-order valence-corrected chi connectivity index (χ1v) is 5.35. The van der Waals surface area contributed by atoms with E-state index in [-0.39, 0.29) is 16.9 Å². The number of nitro benzene ring substituents is 1. The van der Waals surface area contributed by atoms with Crippen LogP contribution in [0, 0.1) is 13.7 Å². The van der Waals surface area contributed by atoms with Crippen molar-refractivity contribution in [3.63, 3.8) is 0 Å². The van der Waals surface area contributed by atoms with Crippen LogP contribution in [0.2, 0.25) is 0 Å². The predicted molar refractivity (Wildman–Crippen MR) is 66.8 cm³/mol. The third-order valence-corrected chi connectivity index (χ3v) is 2.75. The molecule has 1 aromatic carbocycles. The molecule has 0 radical (unpaired) electrons. The second-order valence-electron chi connectivity index (χ2n) is 2.86. The molecule has 8 heteroatoms. The van der Waals surface area contributed by atoms with Crippen molar-refractivity contribution in [3.8, 4) is 0 Å². The number of rotatable bonds is 4. The summed E-state index contributed by atoms with van der Waals surface area (Å²) in [7, 11) is 1.15. The normalized spacial score (nSPS) is 9.53. The number of amides is 1. The topological polar surface area (TPSA) is 98.5 Å². The number of hydrogen-bond acceptors (Lipinski definition) is 5. The number of ether oxygens (including phenoxy) is 1. The van der Waals surface area contributed by atoms with E-state index in [0.29, 0.717) is 9.98 Å². The van der Waals surface area contributed by atoms with Crippen molar-refractivity contribution in [2.24, 2.45) is 0 Å². The van der Waals surface area contributed by atoms with Gasteiger partial charge in [-0.25, -0.2) is 4.79 Å². The standard InChI is InChI=1S/C9H7IN2O5/c1-17-9(14)6-2-5(12(15)16)3-7(10)8(6)11-4-13/h2-4H,1H3,(H,11,13). The van der Waals surface area contributed by atoms with Crippen LogP contribution in [0.25, 0.3) is 0 Å². The Hall–Kier alpha value is -1.71. The number of esters is 1. The Morgan fingerprint density at radius 3 is 2.71 bits per heavy atom. The van der Waals surface area contributed by atoms with Crippen LogP contribution in [0.4, 0.5) is 11.4 Å². The van der Waals surface area contributed by atoms with Crippen LogP contribution < -0.4 is 5.32 Å². The molecular weight excluding hydrogens is 343 g/mol. The number of methoxy groups -OCH3 is 1. The average Bonchev–Trinajstić information content (AvgIpc) is 2.30. The molecular formula is C9H7IN2O5.